The first-order valence-corrected chi connectivity index (χ1v) is 7.99. The van der Waals surface area contributed by atoms with Crippen LogP contribution in [0.2, 0.25) is 0 Å². The minimum absolute atomic E-state index is 0.0733. The molecule has 0 bridgehead atoms. The Hall–Kier alpha value is -2.88. The molecule has 1 aliphatic rings. The molecule has 24 heavy (non-hydrogen) atoms. The van der Waals surface area contributed by atoms with Crippen LogP contribution in [0.25, 0.3) is 0 Å². The van der Waals surface area contributed by atoms with E-state index in [0.717, 1.165) is 31.6 Å². The first kappa shape index (κ1) is 16.0. The number of nitrogens with one attached hydrogen (secondary N) is 1. The second kappa shape index (κ2) is 6.71. The first-order valence-electron chi connectivity index (χ1n) is 7.99. The van der Waals surface area contributed by atoms with E-state index in [1.165, 1.54) is 0 Å². The van der Waals surface area contributed by atoms with Crippen molar-refractivity contribution in [2.75, 3.05) is 18.0 Å². The molecule has 1 aliphatic heterocycles. The van der Waals surface area contributed by atoms with Gasteiger partial charge in [0.25, 0.3) is 5.91 Å². The van der Waals surface area contributed by atoms with Crippen LogP contribution in [-0.2, 0) is 7.05 Å². The van der Waals surface area contributed by atoms with Gasteiger partial charge in [0.05, 0.1) is 23.1 Å². The van der Waals surface area contributed by atoms with Gasteiger partial charge < -0.3 is 10.2 Å². The SMILES string of the molecule is Cc1nc(C(=O)NC2CCCN(c3cnn(C)c3)C2)ccc1C#N. The molecule has 0 spiro atoms. The molecule has 124 valence electrons. The Kier molecular flexibility index (Phi) is 4.47. The zero-order chi connectivity index (χ0) is 17.1. The highest BCUT2D eigenvalue weighted by atomic mass is 16.1. The van der Waals surface area contributed by atoms with Crippen LogP contribution in [0.5, 0.6) is 0 Å². The van der Waals surface area contributed by atoms with Crippen molar-refractivity contribution in [3.63, 3.8) is 0 Å². The lowest BCUT2D eigenvalue weighted by Crippen LogP contribution is -2.48. The normalized spacial score (nSPS) is 17.4. The summed E-state index contributed by atoms with van der Waals surface area (Å²) in [5.74, 6) is -0.194. The molecule has 3 rings (SSSR count). The lowest BCUT2D eigenvalue weighted by Gasteiger charge is -2.33. The Morgan fingerprint density at radius 3 is 2.96 bits per heavy atom. The van der Waals surface area contributed by atoms with E-state index in [4.69, 9.17) is 5.26 Å². The Balaban J connectivity index is 1.66. The lowest BCUT2D eigenvalue weighted by molar-refractivity contribution is 0.0928. The third-order valence-corrected chi connectivity index (χ3v) is 4.25. The summed E-state index contributed by atoms with van der Waals surface area (Å²) < 4.78 is 1.78. The van der Waals surface area contributed by atoms with Crippen LogP contribution in [0.15, 0.2) is 24.5 Å². The monoisotopic (exact) mass is 324 g/mol. The van der Waals surface area contributed by atoms with Crippen LogP contribution >= 0.6 is 0 Å². The summed E-state index contributed by atoms with van der Waals surface area (Å²) in [6.45, 7) is 3.46. The van der Waals surface area contributed by atoms with Crippen LogP contribution in [-0.4, -0.2) is 39.8 Å². The number of carbonyl (C=O) groups is 1. The molecule has 1 unspecified atom stereocenters. The van der Waals surface area contributed by atoms with E-state index in [9.17, 15) is 4.79 Å². The summed E-state index contributed by atoms with van der Waals surface area (Å²) in [7, 11) is 1.89. The zero-order valence-corrected chi connectivity index (χ0v) is 13.9. The zero-order valence-electron chi connectivity index (χ0n) is 13.9. The molecule has 7 heteroatoms. The van der Waals surface area contributed by atoms with Gasteiger partial charge in [-0.25, -0.2) is 4.98 Å². The van der Waals surface area contributed by atoms with E-state index in [-0.39, 0.29) is 11.9 Å². The van der Waals surface area contributed by atoms with Gasteiger partial charge in [0.15, 0.2) is 0 Å². The molecular weight excluding hydrogens is 304 g/mol. The number of amides is 1. The number of aryl methyl sites for hydroxylation is 2. The van der Waals surface area contributed by atoms with Crippen molar-refractivity contribution in [2.45, 2.75) is 25.8 Å². The number of carbonyl (C=O) groups excluding carboxylic acids is 1. The number of nitriles is 1. The van der Waals surface area contributed by atoms with Gasteiger partial charge in [0.1, 0.15) is 11.8 Å². The first-order chi connectivity index (χ1) is 11.6. The molecule has 0 saturated carbocycles. The number of pyridine rings is 1. The summed E-state index contributed by atoms with van der Waals surface area (Å²) in [5, 5.41) is 16.2. The molecule has 0 radical (unpaired) electrons. The maximum absolute atomic E-state index is 12.4. The van der Waals surface area contributed by atoms with Gasteiger partial charge in [0, 0.05) is 32.4 Å². The molecule has 3 heterocycles. The number of rotatable bonds is 3. The van der Waals surface area contributed by atoms with Crippen molar-refractivity contribution < 1.29 is 4.79 Å². The molecule has 1 amide bonds. The summed E-state index contributed by atoms with van der Waals surface area (Å²) in [6.07, 6.45) is 5.78. The molecular formula is C17H20N6O. The van der Waals surface area contributed by atoms with Crippen molar-refractivity contribution in [2.24, 2.45) is 7.05 Å². The number of hydrogen-bond donors (Lipinski definition) is 1. The van der Waals surface area contributed by atoms with Gasteiger partial charge >= 0.3 is 0 Å². The number of nitrogens with zero attached hydrogens (tertiary/aromatic N) is 5. The minimum Gasteiger partial charge on any atom is -0.367 e. The van der Waals surface area contributed by atoms with E-state index < -0.39 is 0 Å². The molecule has 1 fully saturated rings. The number of aromatic nitrogens is 3. The summed E-state index contributed by atoms with van der Waals surface area (Å²) in [4.78, 5) is 18.9. The third-order valence-electron chi connectivity index (χ3n) is 4.25. The lowest BCUT2D eigenvalue weighted by atomic mass is 10.1. The van der Waals surface area contributed by atoms with Crippen LogP contribution in [0, 0.1) is 18.3 Å². The van der Waals surface area contributed by atoms with Gasteiger partial charge in [0.2, 0.25) is 0 Å². The second-order valence-corrected chi connectivity index (χ2v) is 6.07. The Labute approximate surface area is 140 Å². The quantitative estimate of drug-likeness (QED) is 0.922. The van der Waals surface area contributed by atoms with Crippen molar-refractivity contribution in [1.82, 2.24) is 20.1 Å². The van der Waals surface area contributed by atoms with Crippen molar-refractivity contribution in [3.8, 4) is 6.07 Å². The van der Waals surface area contributed by atoms with Gasteiger partial charge in [-0.1, -0.05) is 0 Å². The fourth-order valence-corrected chi connectivity index (χ4v) is 2.97. The smallest absolute Gasteiger partial charge is 0.270 e. The molecule has 1 saturated heterocycles. The van der Waals surface area contributed by atoms with E-state index in [0.29, 0.717) is 17.0 Å². The van der Waals surface area contributed by atoms with Crippen molar-refractivity contribution in [3.05, 3.63) is 41.5 Å². The fourth-order valence-electron chi connectivity index (χ4n) is 2.97. The van der Waals surface area contributed by atoms with Crippen LogP contribution < -0.4 is 10.2 Å². The summed E-state index contributed by atoms with van der Waals surface area (Å²) >= 11 is 0. The van der Waals surface area contributed by atoms with E-state index >= 15 is 0 Å². The Morgan fingerprint density at radius 2 is 2.29 bits per heavy atom. The van der Waals surface area contributed by atoms with Crippen LogP contribution in [0.1, 0.15) is 34.6 Å². The standard InChI is InChI=1S/C17H20N6O/c1-12-13(8-18)5-6-16(20-12)17(24)21-14-4-3-7-23(10-14)15-9-19-22(2)11-15/h5-6,9,11,14H,3-4,7,10H2,1-2H3,(H,21,24). The molecule has 1 N–H and O–H groups in total. The summed E-state index contributed by atoms with van der Waals surface area (Å²) in [6, 6.07) is 5.37. The number of hydrogen-bond acceptors (Lipinski definition) is 5. The maximum atomic E-state index is 12.4. The molecule has 2 aromatic rings. The van der Waals surface area contributed by atoms with E-state index in [1.807, 2.05) is 19.4 Å². The average Bonchev–Trinajstić information content (AvgIpc) is 3.01. The fraction of sp³-hybridized carbons (Fsp3) is 0.412. The van der Waals surface area contributed by atoms with Gasteiger partial charge in [-0.15, -0.1) is 0 Å². The topological polar surface area (TPSA) is 86.8 Å². The Morgan fingerprint density at radius 1 is 1.46 bits per heavy atom. The van der Waals surface area contributed by atoms with Gasteiger partial charge in [-0.3, -0.25) is 9.48 Å². The largest absolute Gasteiger partial charge is 0.367 e. The molecule has 2 aromatic heterocycles. The molecule has 0 aliphatic carbocycles. The molecule has 0 aromatic carbocycles. The van der Waals surface area contributed by atoms with E-state index in [1.54, 1.807) is 23.7 Å². The van der Waals surface area contributed by atoms with Crippen LogP contribution in [0.4, 0.5) is 5.69 Å². The second-order valence-electron chi connectivity index (χ2n) is 6.07. The highest BCUT2D eigenvalue weighted by molar-refractivity contribution is 5.92. The Bertz CT molecular complexity index is 791. The predicted molar refractivity (Wildman–Crippen MR) is 89.6 cm³/mol. The third kappa shape index (κ3) is 3.38. The van der Waals surface area contributed by atoms with E-state index in [2.05, 4.69) is 26.4 Å². The van der Waals surface area contributed by atoms with Crippen molar-refractivity contribution >= 4 is 11.6 Å². The van der Waals surface area contributed by atoms with Gasteiger partial charge in [-0.2, -0.15) is 10.4 Å². The van der Waals surface area contributed by atoms with Crippen molar-refractivity contribution in [1.29, 1.82) is 5.26 Å². The van der Waals surface area contributed by atoms with Crippen LogP contribution in [0.3, 0.4) is 0 Å². The summed E-state index contributed by atoms with van der Waals surface area (Å²) in [5.41, 5.74) is 2.49. The molecule has 7 nitrogen and oxygen atoms in total. The maximum Gasteiger partial charge on any atom is 0.270 e. The minimum atomic E-state index is -0.194. The number of anilines is 1. The molecule has 1 atom stereocenters. The highest BCUT2D eigenvalue weighted by Gasteiger charge is 2.23. The highest BCUT2D eigenvalue weighted by Crippen LogP contribution is 2.19. The predicted octanol–water partition coefficient (Wildman–Crippen LogP) is 1.39. The average molecular weight is 324 g/mol. The number of piperidine rings is 1. The van der Waals surface area contributed by atoms with Gasteiger partial charge in [-0.05, 0) is 31.9 Å².